The van der Waals surface area contributed by atoms with Gasteiger partial charge in [0, 0.05) is 12.6 Å². The van der Waals surface area contributed by atoms with Gasteiger partial charge < -0.3 is 10.1 Å². The van der Waals surface area contributed by atoms with Gasteiger partial charge in [-0.05, 0) is 47.4 Å². The molecule has 0 unspecified atom stereocenters. The Bertz CT molecular complexity index is 1630. The molecule has 9 nitrogen and oxygen atoms in total. The van der Waals surface area contributed by atoms with Crippen molar-refractivity contribution in [3.63, 3.8) is 0 Å². The lowest BCUT2D eigenvalue weighted by Crippen LogP contribution is -2.30. The molecule has 0 aliphatic carbocycles. The summed E-state index contributed by atoms with van der Waals surface area (Å²) in [4.78, 5) is 18.8. The van der Waals surface area contributed by atoms with Crippen LogP contribution >= 0.6 is 11.8 Å². The molecule has 0 radical (unpaired) electrons. The van der Waals surface area contributed by atoms with Crippen molar-refractivity contribution in [3.05, 3.63) is 83.9 Å². The zero-order valence-electron chi connectivity index (χ0n) is 22.8. The molecule has 0 saturated carbocycles. The molecule has 1 aliphatic rings. The highest BCUT2D eigenvalue weighted by Gasteiger charge is 2.32. The zero-order chi connectivity index (χ0) is 29.9. The minimum Gasteiger partial charge on any atom is -0.406 e. The number of aromatic nitrogens is 3. The van der Waals surface area contributed by atoms with Gasteiger partial charge in [0.05, 0.1) is 23.3 Å². The first kappa shape index (κ1) is 28.9. The number of hydrogen-bond donors (Lipinski definition) is 1. The van der Waals surface area contributed by atoms with Crippen molar-refractivity contribution in [2.24, 2.45) is 10.2 Å². The fourth-order valence-corrected chi connectivity index (χ4v) is 5.10. The fourth-order valence-electron chi connectivity index (χ4n) is 4.28. The zero-order valence-corrected chi connectivity index (χ0v) is 23.6. The van der Waals surface area contributed by atoms with Crippen LogP contribution in [-0.4, -0.2) is 51.2 Å². The number of carbonyl (C=O) groups is 1. The Morgan fingerprint density at radius 1 is 1.05 bits per heavy atom. The normalized spacial score (nSPS) is 14.9. The maximum atomic E-state index is 12.7. The lowest BCUT2D eigenvalue weighted by atomic mass is 10.0. The van der Waals surface area contributed by atoms with Gasteiger partial charge in [-0.15, -0.1) is 23.4 Å². The standard InChI is InChI=1S/C29H26F3N7O2S/c1-18(2)23-6-4-5-7-24(23)38-25(40)17-42-28(38)36-34-16-19-8-10-20(11-9-19)26-35-27(33-3)39(37-26)21-12-14-22(15-13-21)41-29(30,31)32/h4-16,18H,17H2,1-3H3,(H,33,35,37). The summed E-state index contributed by atoms with van der Waals surface area (Å²) in [5, 5.41) is 16.6. The highest BCUT2D eigenvalue weighted by Crippen LogP contribution is 2.33. The number of alkyl halides is 3. The number of anilines is 2. The van der Waals surface area contributed by atoms with E-state index in [1.165, 1.54) is 40.7 Å². The van der Waals surface area contributed by atoms with Crippen molar-refractivity contribution in [2.75, 3.05) is 23.0 Å². The van der Waals surface area contributed by atoms with E-state index in [9.17, 15) is 18.0 Å². The van der Waals surface area contributed by atoms with Crippen LogP contribution in [0.4, 0.5) is 24.8 Å². The van der Waals surface area contributed by atoms with Crippen LogP contribution in [0.25, 0.3) is 17.1 Å². The molecule has 0 atom stereocenters. The molecule has 5 rings (SSSR count). The van der Waals surface area contributed by atoms with Crippen LogP contribution in [-0.2, 0) is 4.79 Å². The first-order valence-electron chi connectivity index (χ1n) is 12.9. The van der Waals surface area contributed by atoms with Crippen molar-refractivity contribution in [3.8, 4) is 22.8 Å². The largest absolute Gasteiger partial charge is 0.573 e. The van der Waals surface area contributed by atoms with E-state index in [4.69, 9.17) is 0 Å². The molecule has 2 heterocycles. The summed E-state index contributed by atoms with van der Waals surface area (Å²) in [7, 11) is 1.67. The van der Waals surface area contributed by atoms with Crippen molar-refractivity contribution in [2.45, 2.75) is 26.1 Å². The summed E-state index contributed by atoms with van der Waals surface area (Å²) in [5.41, 5.74) is 3.88. The predicted octanol–water partition coefficient (Wildman–Crippen LogP) is 6.47. The average molecular weight is 594 g/mol. The summed E-state index contributed by atoms with van der Waals surface area (Å²) in [6.45, 7) is 4.16. The van der Waals surface area contributed by atoms with Crippen LogP contribution in [0.2, 0.25) is 0 Å². The Labute approximate surface area is 244 Å². The maximum Gasteiger partial charge on any atom is 0.573 e. The Hall–Kier alpha value is -4.65. The first-order chi connectivity index (χ1) is 20.1. The van der Waals surface area contributed by atoms with Crippen molar-refractivity contribution in [1.29, 1.82) is 0 Å². The van der Waals surface area contributed by atoms with E-state index in [0.29, 0.717) is 28.4 Å². The number of halogens is 3. The fraction of sp³-hybridized carbons (Fsp3) is 0.207. The number of thioether (sulfide) groups is 1. The quantitative estimate of drug-likeness (QED) is 0.186. The van der Waals surface area contributed by atoms with E-state index in [1.807, 2.05) is 48.5 Å². The van der Waals surface area contributed by atoms with Gasteiger partial charge in [-0.25, -0.2) is 0 Å². The van der Waals surface area contributed by atoms with Gasteiger partial charge in [0.25, 0.3) is 0 Å². The number of carbonyl (C=O) groups excluding carboxylic acids is 1. The van der Waals surface area contributed by atoms with Crippen LogP contribution in [0.1, 0.15) is 30.9 Å². The molecular formula is C29H26F3N7O2S. The predicted molar refractivity (Wildman–Crippen MR) is 159 cm³/mol. The van der Waals surface area contributed by atoms with E-state index < -0.39 is 6.36 Å². The van der Waals surface area contributed by atoms with Gasteiger partial charge >= 0.3 is 6.36 Å². The average Bonchev–Trinajstić information content (AvgIpc) is 3.56. The van der Waals surface area contributed by atoms with E-state index in [-0.39, 0.29) is 17.6 Å². The van der Waals surface area contributed by atoms with Gasteiger partial charge in [0.15, 0.2) is 11.0 Å². The molecule has 13 heteroatoms. The molecule has 1 aromatic heterocycles. The molecule has 1 fully saturated rings. The van der Waals surface area contributed by atoms with Gasteiger partial charge in [0.1, 0.15) is 5.75 Å². The van der Waals surface area contributed by atoms with Crippen LogP contribution in [0.3, 0.4) is 0 Å². The van der Waals surface area contributed by atoms with Gasteiger partial charge in [-0.3, -0.25) is 9.69 Å². The van der Waals surface area contributed by atoms with Crippen molar-refractivity contribution < 1.29 is 22.7 Å². The van der Waals surface area contributed by atoms with E-state index in [1.54, 1.807) is 18.2 Å². The van der Waals surface area contributed by atoms with Crippen LogP contribution in [0.15, 0.2) is 83.0 Å². The third-order valence-electron chi connectivity index (χ3n) is 6.23. The summed E-state index contributed by atoms with van der Waals surface area (Å²) in [5.74, 6) is 1.000. The summed E-state index contributed by atoms with van der Waals surface area (Å²) in [6, 6.07) is 20.5. The number of nitrogens with one attached hydrogen (secondary N) is 1. The second kappa shape index (κ2) is 12.1. The summed E-state index contributed by atoms with van der Waals surface area (Å²) in [6.07, 6.45) is -3.17. The SMILES string of the molecule is CNc1nc(-c2ccc(C=NN=C3SCC(=O)N3c3ccccc3C(C)C)cc2)nn1-c1ccc(OC(F)(F)F)cc1. The van der Waals surface area contributed by atoms with Gasteiger partial charge in [-0.2, -0.15) is 14.8 Å². The smallest absolute Gasteiger partial charge is 0.406 e. The van der Waals surface area contributed by atoms with Crippen LogP contribution in [0.5, 0.6) is 5.75 Å². The molecule has 0 bridgehead atoms. The first-order valence-corrected chi connectivity index (χ1v) is 13.9. The van der Waals surface area contributed by atoms with Gasteiger partial charge in [-0.1, -0.05) is 68.1 Å². The highest BCUT2D eigenvalue weighted by molar-refractivity contribution is 8.15. The number of amidine groups is 1. The Balaban J connectivity index is 1.32. The molecule has 1 aliphatic heterocycles. The number of nitrogens with zero attached hydrogens (tertiary/aromatic N) is 6. The van der Waals surface area contributed by atoms with E-state index in [2.05, 4.69) is 44.2 Å². The molecule has 216 valence electrons. The molecule has 3 aromatic carbocycles. The molecule has 1 N–H and O–H groups in total. The Kier molecular flexibility index (Phi) is 8.29. The summed E-state index contributed by atoms with van der Waals surface area (Å²) < 4.78 is 42.9. The van der Waals surface area contributed by atoms with Crippen LogP contribution < -0.4 is 15.0 Å². The molecule has 42 heavy (non-hydrogen) atoms. The third-order valence-corrected chi connectivity index (χ3v) is 7.14. The second-order valence-electron chi connectivity index (χ2n) is 9.44. The maximum absolute atomic E-state index is 12.7. The van der Waals surface area contributed by atoms with Crippen LogP contribution in [0, 0.1) is 0 Å². The number of para-hydroxylation sites is 1. The number of ether oxygens (including phenoxy) is 1. The minimum atomic E-state index is -4.77. The molecule has 4 aromatic rings. The number of hydrogen-bond acceptors (Lipinski definition) is 8. The monoisotopic (exact) mass is 593 g/mol. The number of amides is 1. The molecule has 0 spiro atoms. The van der Waals surface area contributed by atoms with Gasteiger partial charge in [0.2, 0.25) is 11.9 Å². The molecule has 1 saturated heterocycles. The van der Waals surface area contributed by atoms with Crippen molar-refractivity contribution in [1.82, 2.24) is 14.8 Å². The molecular weight excluding hydrogens is 567 g/mol. The lowest BCUT2D eigenvalue weighted by molar-refractivity contribution is -0.274. The lowest BCUT2D eigenvalue weighted by Gasteiger charge is -2.20. The minimum absolute atomic E-state index is 0.0372. The highest BCUT2D eigenvalue weighted by atomic mass is 32.2. The van der Waals surface area contributed by atoms with Crippen molar-refractivity contribution >= 4 is 40.7 Å². The summed E-state index contributed by atoms with van der Waals surface area (Å²) >= 11 is 1.35. The van der Waals surface area contributed by atoms with E-state index >= 15 is 0 Å². The number of benzene rings is 3. The Morgan fingerprint density at radius 2 is 1.76 bits per heavy atom. The second-order valence-corrected chi connectivity index (χ2v) is 10.4. The topological polar surface area (TPSA) is 97.0 Å². The molecule has 1 amide bonds. The number of rotatable bonds is 8. The van der Waals surface area contributed by atoms with E-state index in [0.717, 1.165) is 22.4 Å². The Morgan fingerprint density at radius 3 is 2.43 bits per heavy atom. The third kappa shape index (κ3) is 6.46.